The van der Waals surface area contributed by atoms with Crippen molar-refractivity contribution in [3.63, 3.8) is 0 Å². The van der Waals surface area contributed by atoms with Crippen LogP contribution >= 0.6 is 0 Å². The summed E-state index contributed by atoms with van der Waals surface area (Å²) >= 11 is 0. The van der Waals surface area contributed by atoms with Crippen molar-refractivity contribution in [1.82, 2.24) is 5.32 Å². The third-order valence-electron chi connectivity index (χ3n) is 4.45. The molecule has 0 amide bonds. The smallest absolute Gasteiger partial charge is 0.118 e. The minimum Gasteiger partial charge on any atom is -0.497 e. The van der Waals surface area contributed by atoms with Gasteiger partial charge in [-0.1, -0.05) is 12.1 Å². The third kappa shape index (κ3) is 3.53. The Balaban J connectivity index is 1.59. The highest BCUT2D eigenvalue weighted by Crippen LogP contribution is 2.41. The highest BCUT2D eigenvalue weighted by Gasteiger charge is 2.32. The molecular weight excluding hydrogens is 250 g/mol. The van der Waals surface area contributed by atoms with Crippen LogP contribution in [0.15, 0.2) is 24.3 Å². The lowest BCUT2D eigenvalue weighted by Crippen LogP contribution is -2.32. The standard InChI is InChI=1S/C17H25NO2/c1-19-16-8-6-15(7-9-16)17(14-4-5-14)18-11-13-3-2-10-20-12-13/h6-9,13-14,17-18H,2-5,10-12H2,1H3. The second-order valence-electron chi connectivity index (χ2n) is 6.08. The van der Waals surface area contributed by atoms with Crippen molar-refractivity contribution in [2.24, 2.45) is 11.8 Å². The Morgan fingerprint density at radius 2 is 2.05 bits per heavy atom. The lowest BCUT2D eigenvalue weighted by atomic mass is 9.98. The van der Waals surface area contributed by atoms with E-state index in [-0.39, 0.29) is 0 Å². The first kappa shape index (κ1) is 13.9. The zero-order chi connectivity index (χ0) is 13.8. The molecule has 1 saturated carbocycles. The predicted molar refractivity (Wildman–Crippen MR) is 80.0 cm³/mol. The van der Waals surface area contributed by atoms with Crippen LogP contribution in [0.5, 0.6) is 5.75 Å². The summed E-state index contributed by atoms with van der Waals surface area (Å²) in [5.41, 5.74) is 1.39. The van der Waals surface area contributed by atoms with Crippen LogP contribution in [-0.2, 0) is 4.74 Å². The monoisotopic (exact) mass is 275 g/mol. The number of hydrogen-bond donors (Lipinski definition) is 1. The molecule has 0 aromatic heterocycles. The lowest BCUT2D eigenvalue weighted by Gasteiger charge is -2.26. The number of ether oxygens (including phenoxy) is 2. The first-order valence-electron chi connectivity index (χ1n) is 7.82. The van der Waals surface area contributed by atoms with Crippen molar-refractivity contribution < 1.29 is 9.47 Å². The third-order valence-corrected chi connectivity index (χ3v) is 4.45. The molecule has 110 valence electrons. The Hall–Kier alpha value is -1.06. The molecule has 1 aliphatic heterocycles. The van der Waals surface area contributed by atoms with Crippen molar-refractivity contribution in [3.8, 4) is 5.75 Å². The Kier molecular flexibility index (Phi) is 4.58. The summed E-state index contributed by atoms with van der Waals surface area (Å²) in [5, 5.41) is 3.78. The maximum atomic E-state index is 5.57. The summed E-state index contributed by atoms with van der Waals surface area (Å²) in [7, 11) is 1.72. The maximum absolute atomic E-state index is 5.57. The molecule has 1 aromatic carbocycles. The lowest BCUT2D eigenvalue weighted by molar-refractivity contribution is 0.0535. The Labute approximate surface area is 121 Å². The van der Waals surface area contributed by atoms with E-state index in [0.717, 1.165) is 31.4 Å². The van der Waals surface area contributed by atoms with Crippen LogP contribution in [0.3, 0.4) is 0 Å². The first-order chi connectivity index (χ1) is 9.86. The van der Waals surface area contributed by atoms with Gasteiger partial charge in [-0.3, -0.25) is 0 Å². The van der Waals surface area contributed by atoms with Gasteiger partial charge >= 0.3 is 0 Å². The Morgan fingerprint density at radius 3 is 2.65 bits per heavy atom. The largest absolute Gasteiger partial charge is 0.497 e. The van der Waals surface area contributed by atoms with E-state index in [1.54, 1.807) is 7.11 Å². The highest BCUT2D eigenvalue weighted by atomic mass is 16.5. The minimum absolute atomic E-state index is 0.503. The van der Waals surface area contributed by atoms with E-state index in [0.29, 0.717) is 12.0 Å². The molecule has 0 spiro atoms. The molecule has 3 nitrogen and oxygen atoms in total. The van der Waals surface area contributed by atoms with Gasteiger partial charge in [-0.2, -0.15) is 0 Å². The van der Waals surface area contributed by atoms with Crippen LogP contribution in [-0.4, -0.2) is 26.9 Å². The molecule has 3 rings (SSSR count). The number of methoxy groups -OCH3 is 1. The van der Waals surface area contributed by atoms with Gasteiger partial charge in [0.1, 0.15) is 5.75 Å². The Morgan fingerprint density at radius 1 is 1.25 bits per heavy atom. The van der Waals surface area contributed by atoms with Gasteiger partial charge in [-0.15, -0.1) is 0 Å². The molecule has 1 heterocycles. The minimum atomic E-state index is 0.503. The predicted octanol–water partition coefficient (Wildman–Crippen LogP) is 3.16. The van der Waals surface area contributed by atoms with Gasteiger partial charge in [-0.05, 0) is 55.2 Å². The van der Waals surface area contributed by atoms with Crippen molar-refractivity contribution in [1.29, 1.82) is 0 Å². The summed E-state index contributed by atoms with van der Waals surface area (Å²) in [6.07, 6.45) is 5.21. The van der Waals surface area contributed by atoms with Crippen molar-refractivity contribution >= 4 is 0 Å². The van der Waals surface area contributed by atoms with Gasteiger partial charge in [0, 0.05) is 19.2 Å². The molecular formula is C17H25NO2. The quantitative estimate of drug-likeness (QED) is 0.865. The summed E-state index contributed by atoms with van der Waals surface area (Å²) in [6.45, 7) is 2.95. The molecule has 3 heteroatoms. The van der Waals surface area contributed by atoms with E-state index in [1.165, 1.54) is 31.2 Å². The second-order valence-corrected chi connectivity index (χ2v) is 6.08. The van der Waals surface area contributed by atoms with Crippen LogP contribution in [0.1, 0.15) is 37.3 Å². The summed E-state index contributed by atoms with van der Waals surface area (Å²) in [5.74, 6) is 2.43. The van der Waals surface area contributed by atoms with Crippen molar-refractivity contribution in [2.75, 3.05) is 26.9 Å². The first-order valence-corrected chi connectivity index (χ1v) is 7.82. The number of benzene rings is 1. The van der Waals surface area contributed by atoms with Crippen molar-refractivity contribution in [3.05, 3.63) is 29.8 Å². The summed E-state index contributed by atoms with van der Waals surface area (Å²) < 4.78 is 10.8. The van der Waals surface area contributed by atoms with Crippen LogP contribution < -0.4 is 10.1 Å². The average Bonchev–Trinajstić information content (AvgIpc) is 3.34. The van der Waals surface area contributed by atoms with Crippen LogP contribution in [0.25, 0.3) is 0 Å². The number of hydrogen-bond acceptors (Lipinski definition) is 3. The van der Waals surface area contributed by atoms with Crippen molar-refractivity contribution in [2.45, 2.75) is 31.7 Å². The zero-order valence-electron chi connectivity index (χ0n) is 12.3. The second kappa shape index (κ2) is 6.59. The molecule has 1 aliphatic carbocycles. The van der Waals surface area contributed by atoms with Gasteiger partial charge in [0.2, 0.25) is 0 Å². The van der Waals surface area contributed by atoms with Crippen LogP contribution in [0.4, 0.5) is 0 Å². The molecule has 20 heavy (non-hydrogen) atoms. The van der Waals surface area contributed by atoms with Gasteiger partial charge in [-0.25, -0.2) is 0 Å². The molecule has 2 unspecified atom stereocenters. The molecule has 2 atom stereocenters. The van der Waals surface area contributed by atoms with E-state index in [4.69, 9.17) is 9.47 Å². The SMILES string of the molecule is COc1ccc(C(NCC2CCCOC2)C2CC2)cc1. The van der Waals surface area contributed by atoms with Gasteiger partial charge in [0.15, 0.2) is 0 Å². The number of nitrogens with one attached hydrogen (secondary N) is 1. The topological polar surface area (TPSA) is 30.5 Å². The highest BCUT2D eigenvalue weighted by molar-refractivity contribution is 5.30. The normalized spacial score (nSPS) is 24.4. The van der Waals surface area contributed by atoms with E-state index < -0.39 is 0 Å². The maximum Gasteiger partial charge on any atom is 0.118 e. The zero-order valence-corrected chi connectivity index (χ0v) is 12.3. The van der Waals surface area contributed by atoms with E-state index in [2.05, 4.69) is 29.6 Å². The van der Waals surface area contributed by atoms with Gasteiger partial charge in [0.25, 0.3) is 0 Å². The van der Waals surface area contributed by atoms with Crippen LogP contribution in [0.2, 0.25) is 0 Å². The average molecular weight is 275 g/mol. The fourth-order valence-electron chi connectivity index (χ4n) is 3.06. The fourth-order valence-corrected chi connectivity index (χ4v) is 3.06. The Bertz CT molecular complexity index is 408. The molecule has 1 aromatic rings. The molecule has 0 radical (unpaired) electrons. The molecule has 0 bridgehead atoms. The van der Waals surface area contributed by atoms with Gasteiger partial charge in [0.05, 0.1) is 13.7 Å². The fraction of sp³-hybridized carbons (Fsp3) is 0.647. The molecule has 1 N–H and O–H groups in total. The summed E-state index contributed by atoms with van der Waals surface area (Å²) in [6, 6.07) is 9.03. The van der Waals surface area contributed by atoms with E-state index in [1.807, 2.05) is 0 Å². The summed E-state index contributed by atoms with van der Waals surface area (Å²) in [4.78, 5) is 0. The van der Waals surface area contributed by atoms with Gasteiger partial charge < -0.3 is 14.8 Å². The van der Waals surface area contributed by atoms with E-state index >= 15 is 0 Å². The molecule has 2 aliphatic rings. The number of rotatable bonds is 6. The van der Waals surface area contributed by atoms with E-state index in [9.17, 15) is 0 Å². The molecule has 1 saturated heterocycles. The van der Waals surface area contributed by atoms with Crippen LogP contribution in [0, 0.1) is 11.8 Å². The molecule has 2 fully saturated rings.